The standard InChI is InChI=1S/C26H30O6S/c1-15-12-25(3,4)22-20(15)16(2)18-13-26(23(27)31-5,24(28)32-6)14-19(21(18)22)33(29,30)17-10-8-7-9-11-17/h7-11,22H,12-14H2,1-6H3. The number of rotatable bonds is 4. The molecule has 1 aromatic rings. The van der Waals surface area contributed by atoms with Crippen LogP contribution in [0, 0.1) is 16.7 Å². The number of allylic oxidation sites excluding steroid dienone is 6. The van der Waals surface area contributed by atoms with Gasteiger partial charge < -0.3 is 9.47 Å². The smallest absolute Gasteiger partial charge is 0.323 e. The topological polar surface area (TPSA) is 86.7 Å². The van der Waals surface area contributed by atoms with Gasteiger partial charge in [0.2, 0.25) is 9.84 Å². The van der Waals surface area contributed by atoms with E-state index < -0.39 is 27.2 Å². The summed E-state index contributed by atoms with van der Waals surface area (Å²) >= 11 is 0. The molecule has 0 heterocycles. The van der Waals surface area contributed by atoms with Crippen molar-refractivity contribution in [3.05, 3.63) is 63.1 Å². The number of hydrogen-bond acceptors (Lipinski definition) is 6. The van der Waals surface area contributed by atoms with Gasteiger partial charge >= 0.3 is 11.9 Å². The number of hydrogen-bond donors (Lipinski definition) is 0. The minimum Gasteiger partial charge on any atom is -0.468 e. The molecular formula is C26H30O6S. The average Bonchev–Trinajstić information content (AvgIpc) is 3.23. The Morgan fingerprint density at radius 1 is 0.909 bits per heavy atom. The number of benzene rings is 1. The van der Waals surface area contributed by atoms with Crippen LogP contribution in [0.1, 0.15) is 47.0 Å². The predicted molar refractivity (Wildman–Crippen MR) is 124 cm³/mol. The van der Waals surface area contributed by atoms with Gasteiger partial charge in [-0.2, -0.15) is 0 Å². The third kappa shape index (κ3) is 3.23. The van der Waals surface area contributed by atoms with E-state index in [0.29, 0.717) is 0 Å². The van der Waals surface area contributed by atoms with E-state index in [9.17, 15) is 18.0 Å². The second kappa shape index (κ2) is 7.69. The molecule has 1 atom stereocenters. The zero-order valence-corrected chi connectivity index (χ0v) is 20.8. The van der Waals surface area contributed by atoms with Crippen molar-refractivity contribution in [2.24, 2.45) is 16.7 Å². The lowest BCUT2D eigenvalue weighted by atomic mass is 9.68. The molecule has 0 saturated heterocycles. The van der Waals surface area contributed by atoms with Gasteiger partial charge in [0.25, 0.3) is 0 Å². The van der Waals surface area contributed by atoms with E-state index in [0.717, 1.165) is 28.7 Å². The monoisotopic (exact) mass is 470 g/mol. The fourth-order valence-corrected chi connectivity index (χ4v) is 7.93. The average molecular weight is 471 g/mol. The van der Waals surface area contributed by atoms with E-state index in [1.54, 1.807) is 30.3 Å². The quantitative estimate of drug-likeness (QED) is 0.475. The fraction of sp³-hybridized carbons (Fsp3) is 0.462. The highest BCUT2D eigenvalue weighted by Gasteiger charge is 2.59. The summed E-state index contributed by atoms with van der Waals surface area (Å²) < 4.78 is 38.1. The van der Waals surface area contributed by atoms with Gasteiger partial charge in [-0.1, -0.05) is 37.6 Å². The maximum atomic E-state index is 14.0. The lowest BCUT2D eigenvalue weighted by Gasteiger charge is -2.38. The molecule has 4 rings (SSSR count). The minimum absolute atomic E-state index is 0.0602. The number of ether oxygens (including phenoxy) is 2. The van der Waals surface area contributed by atoms with Crippen LogP contribution in [0.5, 0.6) is 0 Å². The van der Waals surface area contributed by atoms with Crippen molar-refractivity contribution in [2.75, 3.05) is 14.2 Å². The molecule has 3 aliphatic rings. The number of methoxy groups -OCH3 is 2. The lowest BCUT2D eigenvalue weighted by Crippen LogP contribution is -2.45. The number of sulfone groups is 1. The highest BCUT2D eigenvalue weighted by Crippen LogP contribution is 2.63. The molecular weight excluding hydrogens is 440 g/mol. The predicted octanol–water partition coefficient (Wildman–Crippen LogP) is 4.53. The van der Waals surface area contributed by atoms with Gasteiger partial charge in [-0.25, -0.2) is 8.42 Å². The third-order valence-corrected chi connectivity index (χ3v) is 9.40. The first-order chi connectivity index (χ1) is 15.4. The zero-order valence-electron chi connectivity index (χ0n) is 19.9. The van der Waals surface area contributed by atoms with Gasteiger partial charge in [0.15, 0.2) is 5.41 Å². The van der Waals surface area contributed by atoms with Crippen molar-refractivity contribution in [2.45, 2.75) is 51.9 Å². The van der Waals surface area contributed by atoms with E-state index in [1.807, 2.05) is 6.92 Å². The Labute approximate surface area is 195 Å². The summed E-state index contributed by atoms with van der Waals surface area (Å²) in [4.78, 5) is 26.4. The summed E-state index contributed by atoms with van der Waals surface area (Å²) in [7, 11) is -1.58. The molecule has 0 aromatic heterocycles. The highest BCUT2D eigenvalue weighted by atomic mass is 32.2. The summed E-state index contributed by atoms with van der Waals surface area (Å²) in [6.45, 7) is 8.34. The largest absolute Gasteiger partial charge is 0.468 e. The minimum atomic E-state index is -3.99. The maximum absolute atomic E-state index is 14.0. The lowest BCUT2D eigenvalue weighted by molar-refractivity contribution is -0.169. The number of carbonyl (C=O) groups is 2. The van der Waals surface area contributed by atoms with Crippen LogP contribution in [0.15, 0.2) is 68.0 Å². The molecule has 0 amide bonds. The van der Waals surface area contributed by atoms with Crippen LogP contribution in [-0.4, -0.2) is 34.6 Å². The molecule has 0 aliphatic heterocycles. The molecule has 0 radical (unpaired) electrons. The molecule has 0 bridgehead atoms. The van der Waals surface area contributed by atoms with E-state index in [4.69, 9.17) is 9.47 Å². The maximum Gasteiger partial charge on any atom is 0.323 e. The van der Waals surface area contributed by atoms with Crippen LogP contribution in [0.25, 0.3) is 0 Å². The van der Waals surface area contributed by atoms with Crippen molar-refractivity contribution in [1.82, 2.24) is 0 Å². The summed E-state index contributed by atoms with van der Waals surface area (Å²) in [6.07, 6.45) is 0.637. The Morgan fingerprint density at radius 2 is 1.48 bits per heavy atom. The van der Waals surface area contributed by atoms with Gasteiger partial charge in [-0.05, 0) is 60.1 Å². The molecule has 1 unspecified atom stereocenters. The molecule has 1 aromatic carbocycles. The Bertz CT molecular complexity index is 1230. The molecule has 176 valence electrons. The first-order valence-electron chi connectivity index (χ1n) is 11.0. The summed E-state index contributed by atoms with van der Waals surface area (Å²) in [5, 5.41) is 0. The van der Waals surface area contributed by atoms with Gasteiger partial charge in [0.1, 0.15) is 0 Å². The van der Waals surface area contributed by atoms with E-state index in [1.165, 1.54) is 19.8 Å². The second-order valence-corrected chi connectivity index (χ2v) is 11.9. The van der Waals surface area contributed by atoms with Crippen LogP contribution in [-0.2, 0) is 28.9 Å². The Hall–Kier alpha value is -2.67. The molecule has 7 heteroatoms. The Kier molecular flexibility index (Phi) is 5.47. The first-order valence-corrected chi connectivity index (χ1v) is 12.5. The van der Waals surface area contributed by atoms with Crippen LogP contribution in [0.2, 0.25) is 0 Å². The van der Waals surface area contributed by atoms with Crippen molar-refractivity contribution in [3.63, 3.8) is 0 Å². The van der Waals surface area contributed by atoms with E-state index in [-0.39, 0.29) is 34.0 Å². The Balaban J connectivity index is 2.09. The van der Waals surface area contributed by atoms with E-state index >= 15 is 0 Å². The molecule has 3 aliphatic carbocycles. The van der Waals surface area contributed by atoms with Crippen LogP contribution in [0.3, 0.4) is 0 Å². The third-order valence-electron chi connectivity index (χ3n) is 7.49. The van der Waals surface area contributed by atoms with Gasteiger partial charge in [0, 0.05) is 18.8 Å². The van der Waals surface area contributed by atoms with Crippen LogP contribution >= 0.6 is 0 Å². The molecule has 0 N–H and O–H groups in total. The molecule has 6 nitrogen and oxygen atoms in total. The first kappa shape index (κ1) is 23.5. The Morgan fingerprint density at radius 3 is 2.03 bits per heavy atom. The van der Waals surface area contributed by atoms with Crippen molar-refractivity contribution < 1.29 is 27.5 Å². The van der Waals surface area contributed by atoms with Crippen LogP contribution in [0.4, 0.5) is 0 Å². The van der Waals surface area contributed by atoms with Crippen molar-refractivity contribution >= 4 is 21.8 Å². The molecule has 33 heavy (non-hydrogen) atoms. The van der Waals surface area contributed by atoms with Gasteiger partial charge in [0.05, 0.1) is 24.0 Å². The van der Waals surface area contributed by atoms with Crippen molar-refractivity contribution in [1.29, 1.82) is 0 Å². The SMILES string of the molecule is COC(=O)C1(C(=O)OC)CC2=C(C)C3=C(C)CC(C)(C)C3C2=C(S(=O)(=O)c2ccccc2)C1. The van der Waals surface area contributed by atoms with Crippen LogP contribution < -0.4 is 0 Å². The zero-order chi connectivity index (χ0) is 24.3. The van der Waals surface area contributed by atoms with Gasteiger partial charge in [-0.3, -0.25) is 9.59 Å². The molecule has 0 saturated carbocycles. The normalized spacial score (nSPS) is 23.4. The summed E-state index contributed by atoms with van der Waals surface area (Å²) in [6, 6.07) is 8.17. The van der Waals surface area contributed by atoms with E-state index in [2.05, 4.69) is 20.8 Å². The molecule has 0 spiro atoms. The summed E-state index contributed by atoms with van der Waals surface area (Å²) in [5.41, 5.74) is 2.86. The number of carbonyl (C=O) groups excluding carboxylic acids is 2. The number of fused-ring (bicyclic) bond motifs is 3. The van der Waals surface area contributed by atoms with Crippen molar-refractivity contribution in [3.8, 4) is 0 Å². The number of esters is 2. The fourth-order valence-electron chi connectivity index (χ4n) is 6.16. The highest BCUT2D eigenvalue weighted by molar-refractivity contribution is 7.95. The second-order valence-electron chi connectivity index (χ2n) is 9.97. The summed E-state index contributed by atoms with van der Waals surface area (Å²) in [5.74, 6) is -1.66. The van der Waals surface area contributed by atoms with Gasteiger partial charge in [-0.15, -0.1) is 0 Å². The molecule has 0 fully saturated rings.